The van der Waals surface area contributed by atoms with Crippen LogP contribution in [0.25, 0.3) is 0 Å². The standard InChI is InChI=1S/C15H22N2O3/c1-11(2)12-5-7-13(8-6-12)17-14(18)10-16-9-3-4-15(19)20/h5-8,11,16H,3-4,9-10H2,1-2H3,(H,17,18)(H,19,20). The summed E-state index contributed by atoms with van der Waals surface area (Å²) < 4.78 is 0. The normalized spacial score (nSPS) is 10.6. The van der Waals surface area contributed by atoms with E-state index in [4.69, 9.17) is 5.11 Å². The van der Waals surface area contributed by atoms with Gasteiger partial charge in [0, 0.05) is 12.1 Å². The molecule has 1 aromatic carbocycles. The number of amides is 1. The molecule has 0 saturated carbocycles. The van der Waals surface area contributed by atoms with Crippen molar-refractivity contribution >= 4 is 17.6 Å². The molecule has 0 aliphatic rings. The van der Waals surface area contributed by atoms with Crippen molar-refractivity contribution in [3.63, 3.8) is 0 Å². The molecule has 3 N–H and O–H groups in total. The molecule has 0 fully saturated rings. The molecule has 5 nitrogen and oxygen atoms in total. The van der Waals surface area contributed by atoms with Crippen LogP contribution in [0, 0.1) is 0 Å². The number of hydrogen-bond acceptors (Lipinski definition) is 3. The highest BCUT2D eigenvalue weighted by atomic mass is 16.4. The fraction of sp³-hybridized carbons (Fsp3) is 0.467. The third-order valence-corrected chi connectivity index (χ3v) is 2.89. The number of benzene rings is 1. The number of anilines is 1. The maximum absolute atomic E-state index is 11.6. The van der Waals surface area contributed by atoms with Gasteiger partial charge in [0.1, 0.15) is 0 Å². The number of carbonyl (C=O) groups excluding carboxylic acids is 1. The van der Waals surface area contributed by atoms with Crippen molar-refractivity contribution in [2.24, 2.45) is 0 Å². The van der Waals surface area contributed by atoms with E-state index in [9.17, 15) is 9.59 Å². The molecule has 0 saturated heterocycles. The van der Waals surface area contributed by atoms with Crippen LogP contribution in [-0.2, 0) is 9.59 Å². The molecule has 0 unspecified atom stereocenters. The van der Waals surface area contributed by atoms with Crippen LogP contribution in [0.2, 0.25) is 0 Å². The van der Waals surface area contributed by atoms with E-state index in [0.29, 0.717) is 18.9 Å². The molecule has 0 radical (unpaired) electrons. The van der Waals surface area contributed by atoms with Gasteiger partial charge < -0.3 is 15.7 Å². The minimum atomic E-state index is -0.818. The average Bonchev–Trinajstić information content (AvgIpc) is 2.38. The zero-order chi connectivity index (χ0) is 15.0. The largest absolute Gasteiger partial charge is 0.481 e. The average molecular weight is 278 g/mol. The summed E-state index contributed by atoms with van der Waals surface area (Å²) in [4.78, 5) is 21.9. The van der Waals surface area contributed by atoms with Gasteiger partial charge in [-0.25, -0.2) is 0 Å². The van der Waals surface area contributed by atoms with Gasteiger partial charge in [-0.2, -0.15) is 0 Å². The highest BCUT2D eigenvalue weighted by Crippen LogP contribution is 2.16. The smallest absolute Gasteiger partial charge is 0.303 e. The van der Waals surface area contributed by atoms with Crippen molar-refractivity contribution in [1.29, 1.82) is 0 Å². The first-order valence-corrected chi connectivity index (χ1v) is 6.81. The number of carboxylic acid groups (broad SMARTS) is 1. The summed E-state index contributed by atoms with van der Waals surface area (Å²) in [5.74, 6) is -0.477. The molecule has 0 aliphatic heterocycles. The lowest BCUT2D eigenvalue weighted by molar-refractivity contribution is -0.137. The van der Waals surface area contributed by atoms with Crippen LogP contribution in [-0.4, -0.2) is 30.1 Å². The summed E-state index contributed by atoms with van der Waals surface area (Å²) in [7, 11) is 0. The van der Waals surface area contributed by atoms with Gasteiger partial charge in [0.2, 0.25) is 5.91 Å². The molecule has 0 atom stereocenters. The van der Waals surface area contributed by atoms with Gasteiger partial charge in [-0.1, -0.05) is 26.0 Å². The van der Waals surface area contributed by atoms with Crippen LogP contribution in [0.5, 0.6) is 0 Å². The first kappa shape index (κ1) is 16.2. The Morgan fingerprint density at radius 1 is 1.20 bits per heavy atom. The van der Waals surface area contributed by atoms with E-state index >= 15 is 0 Å². The van der Waals surface area contributed by atoms with Crippen molar-refractivity contribution in [3.8, 4) is 0 Å². The maximum atomic E-state index is 11.6. The molecule has 0 heterocycles. The number of aliphatic carboxylic acids is 1. The Bertz CT molecular complexity index is 441. The highest BCUT2D eigenvalue weighted by molar-refractivity contribution is 5.92. The van der Waals surface area contributed by atoms with Crippen LogP contribution in [0.15, 0.2) is 24.3 Å². The number of carbonyl (C=O) groups is 2. The second-order valence-electron chi connectivity index (χ2n) is 5.00. The summed E-state index contributed by atoms with van der Waals surface area (Å²) in [6.45, 7) is 4.95. The molecule has 1 amide bonds. The van der Waals surface area contributed by atoms with Crippen LogP contribution in [0.4, 0.5) is 5.69 Å². The van der Waals surface area contributed by atoms with Crippen LogP contribution in [0.1, 0.15) is 38.2 Å². The van der Waals surface area contributed by atoms with Crippen molar-refractivity contribution in [2.75, 3.05) is 18.4 Å². The monoisotopic (exact) mass is 278 g/mol. The molecule has 0 aliphatic carbocycles. The molecule has 0 aromatic heterocycles. The lowest BCUT2D eigenvalue weighted by atomic mass is 10.0. The fourth-order valence-electron chi connectivity index (χ4n) is 1.72. The third-order valence-electron chi connectivity index (χ3n) is 2.89. The molecule has 0 bridgehead atoms. The Hall–Kier alpha value is -1.88. The van der Waals surface area contributed by atoms with Gasteiger partial charge in [-0.3, -0.25) is 9.59 Å². The molecule has 1 aromatic rings. The lowest BCUT2D eigenvalue weighted by Gasteiger charge is -2.09. The number of rotatable bonds is 8. The first-order chi connectivity index (χ1) is 9.49. The van der Waals surface area contributed by atoms with Crippen molar-refractivity contribution in [2.45, 2.75) is 32.6 Å². The Morgan fingerprint density at radius 3 is 2.40 bits per heavy atom. The first-order valence-electron chi connectivity index (χ1n) is 6.81. The molecular weight excluding hydrogens is 256 g/mol. The van der Waals surface area contributed by atoms with Gasteiger partial charge in [-0.05, 0) is 36.6 Å². The predicted molar refractivity (Wildman–Crippen MR) is 78.9 cm³/mol. The van der Waals surface area contributed by atoms with Gasteiger partial charge in [0.25, 0.3) is 0 Å². The van der Waals surface area contributed by atoms with E-state index in [1.807, 2.05) is 24.3 Å². The van der Waals surface area contributed by atoms with Crippen molar-refractivity contribution < 1.29 is 14.7 Å². The number of carboxylic acids is 1. The molecule has 1 rings (SSSR count). The van der Waals surface area contributed by atoms with Crippen LogP contribution < -0.4 is 10.6 Å². The molecule has 5 heteroatoms. The zero-order valence-electron chi connectivity index (χ0n) is 12.0. The second kappa shape index (κ2) is 8.32. The summed E-state index contributed by atoms with van der Waals surface area (Å²) in [5.41, 5.74) is 2.00. The SMILES string of the molecule is CC(C)c1ccc(NC(=O)CNCCCC(=O)O)cc1. The quantitative estimate of drug-likeness (QED) is 0.637. The zero-order valence-corrected chi connectivity index (χ0v) is 12.0. The van der Waals surface area contributed by atoms with Gasteiger partial charge in [0.05, 0.1) is 6.54 Å². The fourth-order valence-corrected chi connectivity index (χ4v) is 1.72. The van der Waals surface area contributed by atoms with E-state index in [1.54, 1.807) is 0 Å². The van der Waals surface area contributed by atoms with Crippen molar-refractivity contribution in [3.05, 3.63) is 29.8 Å². The molecule has 20 heavy (non-hydrogen) atoms. The Balaban J connectivity index is 2.26. The molecular formula is C15H22N2O3. The second-order valence-corrected chi connectivity index (χ2v) is 5.00. The minimum Gasteiger partial charge on any atom is -0.481 e. The Labute approximate surface area is 119 Å². The topological polar surface area (TPSA) is 78.4 Å². The summed E-state index contributed by atoms with van der Waals surface area (Å²) in [6.07, 6.45) is 0.636. The predicted octanol–water partition coefficient (Wildman–Crippen LogP) is 2.20. The van der Waals surface area contributed by atoms with Crippen LogP contribution in [0.3, 0.4) is 0 Å². The van der Waals surface area contributed by atoms with Crippen LogP contribution >= 0.6 is 0 Å². The Kier molecular flexibility index (Phi) is 6.73. The Morgan fingerprint density at radius 2 is 1.85 bits per heavy atom. The van der Waals surface area contributed by atoms with Gasteiger partial charge in [0.15, 0.2) is 0 Å². The number of nitrogens with one attached hydrogen (secondary N) is 2. The van der Waals surface area contributed by atoms with E-state index in [-0.39, 0.29) is 18.9 Å². The highest BCUT2D eigenvalue weighted by Gasteiger charge is 2.03. The van der Waals surface area contributed by atoms with E-state index in [1.165, 1.54) is 5.56 Å². The van der Waals surface area contributed by atoms with E-state index in [0.717, 1.165) is 5.69 Å². The third kappa shape index (κ3) is 6.33. The van der Waals surface area contributed by atoms with E-state index < -0.39 is 5.97 Å². The summed E-state index contributed by atoms with van der Waals surface area (Å²) >= 11 is 0. The molecule has 0 spiro atoms. The summed E-state index contributed by atoms with van der Waals surface area (Å²) in [6, 6.07) is 7.77. The maximum Gasteiger partial charge on any atom is 0.303 e. The van der Waals surface area contributed by atoms with Gasteiger partial charge in [-0.15, -0.1) is 0 Å². The number of hydrogen-bond donors (Lipinski definition) is 3. The lowest BCUT2D eigenvalue weighted by Crippen LogP contribution is -2.29. The van der Waals surface area contributed by atoms with Crippen molar-refractivity contribution in [1.82, 2.24) is 5.32 Å². The molecule has 110 valence electrons. The van der Waals surface area contributed by atoms with E-state index in [2.05, 4.69) is 24.5 Å². The minimum absolute atomic E-state index is 0.116. The van der Waals surface area contributed by atoms with Gasteiger partial charge >= 0.3 is 5.97 Å². The summed E-state index contributed by atoms with van der Waals surface area (Å²) in [5, 5.41) is 14.2.